The van der Waals surface area contributed by atoms with Gasteiger partial charge in [-0.05, 0) is 37.3 Å². The summed E-state index contributed by atoms with van der Waals surface area (Å²) in [7, 11) is 0. The Hall–Kier alpha value is -1.78. The van der Waals surface area contributed by atoms with E-state index in [4.69, 9.17) is 10.9 Å². The van der Waals surface area contributed by atoms with Crippen molar-refractivity contribution in [1.82, 2.24) is 4.98 Å². The summed E-state index contributed by atoms with van der Waals surface area (Å²) in [4.78, 5) is 6.83. The average Bonchev–Trinajstić information content (AvgIpc) is 3.23. The molecule has 1 aliphatic rings. The van der Waals surface area contributed by atoms with Crippen LogP contribution >= 0.6 is 0 Å². The van der Waals surface area contributed by atoms with Crippen LogP contribution in [0.5, 0.6) is 0 Å². The van der Waals surface area contributed by atoms with Crippen LogP contribution in [0.4, 0.5) is 5.82 Å². The molecule has 1 aromatic rings. The molecule has 0 atom stereocenters. The van der Waals surface area contributed by atoms with Gasteiger partial charge >= 0.3 is 0 Å². The molecule has 0 bridgehead atoms. The van der Waals surface area contributed by atoms with Gasteiger partial charge in [0.15, 0.2) is 5.84 Å². The first-order valence-electron chi connectivity index (χ1n) is 6.83. The van der Waals surface area contributed by atoms with Crippen LogP contribution in [0.25, 0.3) is 0 Å². The third kappa shape index (κ3) is 3.59. The van der Waals surface area contributed by atoms with Gasteiger partial charge in [0.25, 0.3) is 0 Å². The molecule has 1 aliphatic carbocycles. The van der Waals surface area contributed by atoms with Gasteiger partial charge in [0.1, 0.15) is 11.5 Å². The molecule has 5 heteroatoms. The smallest absolute Gasteiger partial charge is 0.188 e. The van der Waals surface area contributed by atoms with Crippen LogP contribution in [0.3, 0.4) is 0 Å². The van der Waals surface area contributed by atoms with E-state index in [2.05, 4.69) is 28.9 Å². The highest BCUT2D eigenvalue weighted by Gasteiger charge is 2.29. The largest absolute Gasteiger partial charge is 0.409 e. The Balaban J connectivity index is 2.17. The Bertz CT molecular complexity index is 455. The standard InChI is InChI=1S/C14H22N4O/c1-10(2)8-9-18(11-6-7-11)13-5-3-4-12(16-13)14(15)17-19/h3-5,10-11,19H,6-9H2,1-2H3,(H2,15,17). The van der Waals surface area contributed by atoms with Gasteiger partial charge in [-0.15, -0.1) is 0 Å². The zero-order valence-corrected chi connectivity index (χ0v) is 11.6. The van der Waals surface area contributed by atoms with Crippen LogP contribution in [-0.4, -0.2) is 28.6 Å². The van der Waals surface area contributed by atoms with Crippen LogP contribution in [-0.2, 0) is 0 Å². The van der Waals surface area contributed by atoms with E-state index in [-0.39, 0.29) is 5.84 Å². The highest BCUT2D eigenvalue weighted by molar-refractivity contribution is 5.95. The fraction of sp³-hybridized carbons (Fsp3) is 0.571. The number of nitrogens with two attached hydrogens (primary N) is 1. The quantitative estimate of drug-likeness (QED) is 0.357. The molecule has 0 aliphatic heterocycles. The molecule has 1 aromatic heterocycles. The Morgan fingerprint density at radius 3 is 2.84 bits per heavy atom. The fourth-order valence-corrected chi connectivity index (χ4v) is 2.04. The number of hydrogen-bond acceptors (Lipinski definition) is 4. The summed E-state index contributed by atoms with van der Waals surface area (Å²) in [6.45, 7) is 5.46. The van der Waals surface area contributed by atoms with Crippen molar-refractivity contribution in [2.75, 3.05) is 11.4 Å². The van der Waals surface area contributed by atoms with E-state index < -0.39 is 0 Å². The monoisotopic (exact) mass is 262 g/mol. The summed E-state index contributed by atoms with van der Waals surface area (Å²) in [6.07, 6.45) is 3.60. The molecule has 0 aromatic carbocycles. The second-order valence-electron chi connectivity index (χ2n) is 5.47. The van der Waals surface area contributed by atoms with Gasteiger partial charge in [-0.25, -0.2) is 4.98 Å². The van der Waals surface area contributed by atoms with Crippen molar-refractivity contribution in [2.24, 2.45) is 16.8 Å². The average molecular weight is 262 g/mol. The Kier molecular flexibility index (Phi) is 4.24. The topological polar surface area (TPSA) is 74.7 Å². The lowest BCUT2D eigenvalue weighted by Gasteiger charge is -2.24. The summed E-state index contributed by atoms with van der Waals surface area (Å²) in [5.74, 6) is 1.65. The number of anilines is 1. The van der Waals surface area contributed by atoms with Crippen molar-refractivity contribution in [3.05, 3.63) is 23.9 Å². The molecule has 1 fully saturated rings. The van der Waals surface area contributed by atoms with Gasteiger partial charge in [0.05, 0.1) is 0 Å². The molecule has 1 saturated carbocycles. The van der Waals surface area contributed by atoms with Gasteiger partial charge in [0, 0.05) is 12.6 Å². The van der Waals surface area contributed by atoms with E-state index in [0.717, 1.165) is 18.8 Å². The molecule has 0 radical (unpaired) electrons. The van der Waals surface area contributed by atoms with Crippen LogP contribution in [0, 0.1) is 5.92 Å². The van der Waals surface area contributed by atoms with Crippen molar-refractivity contribution in [3.8, 4) is 0 Å². The molecule has 0 saturated heterocycles. The van der Waals surface area contributed by atoms with Crippen molar-refractivity contribution >= 4 is 11.7 Å². The predicted octanol–water partition coefficient (Wildman–Crippen LogP) is 2.19. The summed E-state index contributed by atoms with van der Waals surface area (Å²) in [5, 5.41) is 11.7. The van der Waals surface area contributed by atoms with Crippen LogP contribution < -0.4 is 10.6 Å². The highest BCUT2D eigenvalue weighted by Crippen LogP contribution is 2.31. The van der Waals surface area contributed by atoms with Gasteiger partial charge in [-0.3, -0.25) is 0 Å². The second-order valence-corrected chi connectivity index (χ2v) is 5.47. The van der Waals surface area contributed by atoms with Crippen LogP contribution in [0.1, 0.15) is 38.8 Å². The van der Waals surface area contributed by atoms with E-state index in [9.17, 15) is 0 Å². The second kappa shape index (κ2) is 5.91. The first-order valence-corrected chi connectivity index (χ1v) is 6.83. The normalized spacial score (nSPS) is 15.8. The maximum Gasteiger partial charge on any atom is 0.188 e. The zero-order chi connectivity index (χ0) is 13.8. The predicted molar refractivity (Wildman–Crippen MR) is 76.6 cm³/mol. The fourth-order valence-electron chi connectivity index (χ4n) is 2.04. The number of nitrogens with zero attached hydrogens (tertiary/aromatic N) is 3. The molecule has 5 nitrogen and oxygen atoms in total. The lowest BCUT2D eigenvalue weighted by molar-refractivity contribution is 0.318. The molecule has 104 valence electrons. The third-order valence-corrected chi connectivity index (χ3v) is 3.33. The van der Waals surface area contributed by atoms with Gasteiger partial charge in [0.2, 0.25) is 0 Å². The van der Waals surface area contributed by atoms with E-state index in [1.165, 1.54) is 12.8 Å². The minimum absolute atomic E-state index is 0.0569. The lowest BCUT2D eigenvalue weighted by Crippen LogP contribution is -2.29. The number of amidine groups is 1. The van der Waals surface area contributed by atoms with E-state index in [1.54, 1.807) is 6.07 Å². The summed E-state index contributed by atoms with van der Waals surface area (Å²) in [5.41, 5.74) is 6.12. The molecular weight excluding hydrogens is 240 g/mol. The number of rotatable bonds is 6. The van der Waals surface area contributed by atoms with Crippen molar-refractivity contribution in [3.63, 3.8) is 0 Å². The van der Waals surface area contributed by atoms with E-state index >= 15 is 0 Å². The van der Waals surface area contributed by atoms with Crippen molar-refractivity contribution in [1.29, 1.82) is 0 Å². The first-order chi connectivity index (χ1) is 9.11. The molecule has 0 amide bonds. The molecular formula is C14H22N4O. The maximum atomic E-state index is 8.72. The number of oxime groups is 1. The SMILES string of the molecule is CC(C)CCN(c1cccc(/C(N)=N/O)n1)C1CC1. The summed E-state index contributed by atoms with van der Waals surface area (Å²) >= 11 is 0. The molecule has 0 unspecified atom stereocenters. The Labute approximate surface area is 114 Å². The minimum Gasteiger partial charge on any atom is -0.409 e. The zero-order valence-electron chi connectivity index (χ0n) is 11.6. The summed E-state index contributed by atoms with van der Waals surface area (Å²) < 4.78 is 0. The molecule has 3 N–H and O–H groups in total. The summed E-state index contributed by atoms with van der Waals surface area (Å²) in [6, 6.07) is 6.26. The molecule has 19 heavy (non-hydrogen) atoms. The number of pyridine rings is 1. The van der Waals surface area contributed by atoms with E-state index in [0.29, 0.717) is 17.7 Å². The Morgan fingerprint density at radius 2 is 2.26 bits per heavy atom. The minimum atomic E-state index is 0.0569. The molecule has 0 spiro atoms. The maximum absolute atomic E-state index is 8.72. The highest BCUT2D eigenvalue weighted by atomic mass is 16.4. The number of hydrogen-bond donors (Lipinski definition) is 2. The van der Waals surface area contributed by atoms with Crippen LogP contribution in [0.2, 0.25) is 0 Å². The van der Waals surface area contributed by atoms with E-state index in [1.807, 2.05) is 12.1 Å². The van der Waals surface area contributed by atoms with Crippen molar-refractivity contribution < 1.29 is 5.21 Å². The Morgan fingerprint density at radius 1 is 1.53 bits per heavy atom. The van der Waals surface area contributed by atoms with Gasteiger partial charge in [-0.2, -0.15) is 0 Å². The number of aromatic nitrogens is 1. The lowest BCUT2D eigenvalue weighted by atomic mass is 10.1. The third-order valence-electron chi connectivity index (χ3n) is 3.33. The first kappa shape index (κ1) is 13.6. The van der Waals surface area contributed by atoms with Crippen LogP contribution in [0.15, 0.2) is 23.4 Å². The molecule has 2 rings (SSSR count). The van der Waals surface area contributed by atoms with Gasteiger partial charge in [-0.1, -0.05) is 25.1 Å². The van der Waals surface area contributed by atoms with Gasteiger partial charge < -0.3 is 15.8 Å². The molecule has 1 heterocycles. The van der Waals surface area contributed by atoms with Crippen molar-refractivity contribution in [2.45, 2.75) is 39.2 Å².